The Morgan fingerprint density at radius 3 is 2.42 bits per heavy atom. The zero-order valence-electron chi connectivity index (χ0n) is 24.1. The molecule has 40 heavy (non-hydrogen) atoms. The Labute approximate surface area is 238 Å². The van der Waals surface area contributed by atoms with E-state index < -0.39 is 11.9 Å². The number of Topliss-reactive ketones (excluding diaryl/α,β-unsaturated/α-hetero) is 1. The number of rotatable bonds is 18. The second-order valence-corrected chi connectivity index (χ2v) is 10.2. The van der Waals surface area contributed by atoms with Crippen LogP contribution in [0.4, 0.5) is 0 Å². The lowest BCUT2D eigenvalue weighted by Crippen LogP contribution is -2.17. The van der Waals surface area contributed by atoms with Gasteiger partial charge in [-0.05, 0) is 74.8 Å². The van der Waals surface area contributed by atoms with E-state index in [4.69, 9.17) is 14.2 Å². The van der Waals surface area contributed by atoms with Gasteiger partial charge in [0.05, 0.1) is 25.4 Å². The van der Waals surface area contributed by atoms with Crippen LogP contribution in [0.3, 0.4) is 0 Å². The number of esters is 2. The van der Waals surface area contributed by atoms with E-state index >= 15 is 0 Å². The van der Waals surface area contributed by atoms with Gasteiger partial charge in [0.25, 0.3) is 0 Å². The molecule has 1 aliphatic heterocycles. The first-order valence-corrected chi connectivity index (χ1v) is 14.9. The molecule has 0 unspecified atom stereocenters. The van der Waals surface area contributed by atoms with Gasteiger partial charge in [-0.2, -0.15) is 0 Å². The van der Waals surface area contributed by atoms with Gasteiger partial charge in [-0.25, -0.2) is 0 Å². The fourth-order valence-corrected chi connectivity index (χ4v) is 4.74. The van der Waals surface area contributed by atoms with E-state index in [-0.39, 0.29) is 18.6 Å². The third kappa shape index (κ3) is 10.3. The summed E-state index contributed by atoms with van der Waals surface area (Å²) in [5.74, 6) is 1.68. The standard InChI is InChI=1S/C33H44O7/c1-3-13-28-30(19-18-27-29(34)20-23-39-33(27)28)38-22-10-6-5-8-14-25-15-12-16-26(24-25)37-21-11-7-9-17-32(36)40-31(35)4-2/h12,15-16,18-19,24H,3-11,13-14,17,20-23H2,1-2H3. The molecule has 0 atom stereocenters. The van der Waals surface area contributed by atoms with Crippen LogP contribution in [0.1, 0.15) is 106 Å². The normalized spacial score (nSPS) is 12.4. The number of hydrogen-bond donors (Lipinski definition) is 0. The highest BCUT2D eigenvalue weighted by Crippen LogP contribution is 2.36. The highest BCUT2D eigenvalue weighted by molar-refractivity contribution is 6.00. The number of aryl methyl sites for hydroxylation is 1. The summed E-state index contributed by atoms with van der Waals surface area (Å²) in [7, 11) is 0. The minimum absolute atomic E-state index is 0.154. The molecule has 0 amide bonds. The molecular formula is C33H44O7. The molecule has 0 saturated carbocycles. The van der Waals surface area contributed by atoms with Gasteiger partial charge in [0, 0.05) is 24.8 Å². The lowest BCUT2D eigenvalue weighted by molar-refractivity contribution is -0.159. The molecule has 1 heterocycles. The summed E-state index contributed by atoms with van der Waals surface area (Å²) < 4.78 is 22.5. The lowest BCUT2D eigenvalue weighted by Gasteiger charge is -2.22. The number of unbranched alkanes of at least 4 members (excludes halogenated alkanes) is 5. The summed E-state index contributed by atoms with van der Waals surface area (Å²) in [5.41, 5.74) is 2.99. The highest BCUT2D eigenvalue weighted by Gasteiger charge is 2.23. The van der Waals surface area contributed by atoms with Crippen molar-refractivity contribution >= 4 is 17.7 Å². The van der Waals surface area contributed by atoms with Gasteiger partial charge in [0.1, 0.15) is 17.2 Å². The third-order valence-corrected chi connectivity index (χ3v) is 6.92. The molecule has 0 aliphatic carbocycles. The molecule has 2 aromatic rings. The van der Waals surface area contributed by atoms with E-state index in [2.05, 4.69) is 23.8 Å². The Morgan fingerprint density at radius 1 is 0.850 bits per heavy atom. The molecule has 0 aromatic heterocycles. The summed E-state index contributed by atoms with van der Waals surface area (Å²) in [4.78, 5) is 34.8. The average Bonchev–Trinajstić information content (AvgIpc) is 2.95. The maximum absolute atomic E-state index is 12.2. The molecule has 7 nitrogen and oxygen atoms in total. The van der Waals surface area contributed by atoms with Gasteiger partial charge in [-0.1, -0.05) is 45.2 Å². The van der Waals surface area contributed by atoms with Crippen molar-refractivity contribution in [2.75, 3.05) is 19.8 Å². The van der Waals surface area contributed by atoms with Crippen LogP contribution in [0.25, 0.3) is 0 Å². The van der Waals surface area contributed by atoms with Crippen molar-refractivity contribution in [3.8, 4) is 17.2 Å². The average molecular weight is 553 g/mol. The van der Waals surface area contributed by atoms with Crippen LogP contribution in [0.5, 0.6) is 17.2 Å². The quantitative estimate of drug-likeness (QED) is 0.110. The fourth-order valence-electron chi connectivity index (χ4n) is 4.74. The van der Waals surface area contributed by atoms with E-state index in [1.54, 1.807) is 6.92 Å². The van der Waals surface area contributed by atoms with E-state index in [9.17, 15) is 14.4 Å². The second kappa shape index (κ2) is 17.4. The minimum atomic E-state index is -0.472. The largest absolute Gasteiger partial charge is 0.494 e. The summed E-state index contributed by atoms with van der Waals surface area (Å²) >= 11 is 0. The van der Waals surface area contributed by atoms with Crippen LogP contribution in [0.15, 0.2) is 36.4 Å². The number of fused-ring (bicyclic) bond motifs is 1. The Bertz CT molecular complexity index is 1110. The fraction of sp³-hybridized carbons (Fsp3) is 0.545. The predicted octanol–water partition coefficient (Wildman–Crippen LogP) is 7.21. The smallest absolute Gasteiger partial charge is 0.313 e. The second-order valence-electron chi connectivity index (χ2n) is 10.2. The molecular weight excluding hydrogens is 508 g/mol. The Morgan fingerprint density at radius 2 is 1.62 bits per heavy atom. The van der Waals surface area contributed by atoms with Crippen molar-refractivity contribution in [1.29, 1.82) is 0 Å². The summed E-state index contributed by atoms with van der Waals surface area (Å²) in [6.07, 6.45) is 10.4. The van der Waals surface area contributed by atoms with Gasteiger partial charge in [0.15, 0.2) is 5.78 Å². The molecule has 2 aromatic carbocycles. The zero-order chi connectivity index (χ0) is 28.6. The van der Waals surface area contributed by atoms with Gasteiger partial charge in [-0.3, -0.25) is 14.4 Å². The maximum atomic E-state index is 12.2. The summed E-state index contributed by atoms with van der Waals surface area (Å²) in [6, 6.07) is 12.0. The highest BCUT2D eigenvalue weighted by atomic mass is 16.6. The molecule has 0 spiro atoms. The Balaban J connectivity index is 1.28. The van der Waals surface area contributed by atoms with E-state index in [0.717, 1.165) is 80.6 Å². The SMILES string of the molecule is CCCc1c(OCCCCCCc2cccc(OCCCCCC(=O)OC(=O)CC)c2)ccc2c1OCCC2=O. The van der Waals surface area contributed by atoms with E-state index in [0.29, 0.717) is 38.2 Å². The molecule has 3 rings (SSSR count). The molecule has 1 aliphatic rings. The predicted molar refractivity (Wildman–Crippen MR) is 154 cm³/mol. The molecule has 7 heteroatoms. The molecule has 0 N–H and O–H groups in total. The summed E-state index contributed by atoms with van der Waals surface area (Å²) in [5, 5.41) is 0. The van der Waals surface area contributed by atoms with Gasteiger partial charge in [0.2, 0.25) is 0 Å². The number of benzene rings is 2. The molecule has 0 fully saturated rings. The van der Waals surface area contributed by atoms with Gasteiger partial charge in [-0.15, -0.1) is 0 Å². The molecule has 0 saturated heterocycles. The Hall–Kier alpha value is -3.35. The minimum Gasteiger partial charge on any atom is -0.494 e. The van der Waals surface area contributed by atoms with Crippen LogP contribution in [0.2, 0.25) is 0 Å². The third-order valence-electron chi connectivity index (χ3n) is 6.92. The zero-order valence-corrected chi connectivity index (χ0v) is 24.1. The van der Waals surface area contributed by atoms with Crippen molar-refractivity contribution < 1.29 is 33.3 Å². The Kier molecular flexibility index (Phi) is 13.5. The van der Waals surface area contributed by atoms with Crippen molar-refractivity contribution in [3.05, 3.63) is 53.1 Å². The van der Waals surface area contributed by atoms with Crippen molar-refractivity contribution in [2.45, 2.75) is 97.3 Å². The maximum Gasteiger partial charge on any atom is 0.313 e. The topological polar surface area (TPSA) is 88.1 Å². The van der Waals surface area contributed by atoms with Crippen LogP contribution in [-0.2, 0) is 27.2 Å². The van der Waals surface area contributed by atoms with E-state index in [1.165, 1.54) is 5.56 Å². The first kappa shape index (κ1) is 31.2. The van der Waals surface area contributed by atoms with Crippen molar-refractivity contribution in [2.24, 2.45) is 0 Å². The molecule has 218 valence electrons. The van der Waals surface area contributed by atoms with Crippen LogP contribution >= 0.6 is 0 Å². The number of carbonyl (C=O) groups excluding carboxylic acids is 3. The number of ketones is 1. The first-order chi connectivity index (χ1) is 19.5. The van der Waals surface area contributed by atoms with Crippen molar-refractivity contribution in [3.63, 3.8) is 0 Å². The van der Waals surface area contributed by atoms with Crippen LogP contribution in [-0.4, -0.2) is 37.5 Å². The number of carbonyl (C=O) groups is 3. The molecule has 0 bridgehead atoms. The van der Waals surface area contributed by atoms with Crippen LogP contribution in [0, 0.1) is 0 Å². The van der Waals surface area contributed by atoms with Crippen LogP contribution < -0.4 is 14.2 Å². The number of ether oxygens (including phenoxy) is 4. The molecule has 0 radical (unpaired) electrons. The monoisotopic (exact) mass is 552 g/mol. The van der Waals surface area contributed by atoms with Gasteiger partial charge < -0.3 is 18.9 Å². The van der Waals surface area contributed by atoms with Crippen molar-refractivity contribution in [1.82, 2.24) is 0 Å². The van der Waals surface area contributed by atoms with E-state index in [1.807, 2.05) is 24.3 Å². The van der Waals surface area contributed by atoms with Gasteiger partial charge >= 0.3 is 11.9 Å². The lowest BCUT2D eigenvalue weighted by atomic mass is 9.98. The summed E-state index contributed by atoms with van der Waals surface area (Å²) in [6.45, 7) is 5.49. The first-order valence-electron chi connectivity index (χ1n) is 14.9. The number of hydrogen-bond acceptors (Lipinski definition) is 7.